The Morgan fingerprint density at radius 3 is 2.68 bits per heavy atom. The Morgan fingerprint density at radius 1 is 1.37 bits per heavy atom. The lowest BCUT2D eigenvalue weighted by Gasteiger charge is -2.42. The molecule has 0 spiro atoms. The van der Waals surface area contributed by atoms with Crippen molar-refractivity contribution < 1.29 is 9.13 Å². The third-order valence-corrected chi connectivity index (χ3v) is 4.34. The lowest BCUT2D eigenvalue weighted by atomic mass is 9.77. The Labute approximate surface area is 119 Å². The van der Waals surface area contributed by atoms with Crippen LogP contribution in [0.2, 0.25) is 5.02 Å². The summed E-state index contributed by atoms with van der Waals surface area (Å²) in [5, 5.41) is 0.513. The van der Waals surface area contributed by atoms with E-state index in [1.165, 1.54) is 18.6 Å². The smallest absolute Gasteiger partial charge is 0.123 e. The highest BCUT2D eigenvalue weighted by molar-refractivity contribution is 6.31. The van der Waals surface area contributed by atoms with Gasteiger partial charge in [-0.05, 0) is 43.5 Å². The predicted molar refractivity (Wildman–Crippen MR) is 75.8 cm³/mol. The lowest BCUT2D eigenvalue weighted by molar-refractivity contribution is -0.0831. The van der Waals surface area contributed by atoms with Crippen molar-refractivity contribution in [1.82, 2.24) is 0 Å². The fraction of sp³-hybridized carbons (Fsp3) is 0.600. The molecule has 0 amide bonds. The fourth-order valence-corrected chi connectivity index (χ4v) is 3.25. The van der Waals surface area contributed by atoms with Crippen LogP contribution in [0.5, 0.6) is 0 Å². The van der Waals surface area contributed by atoms with Crippen molar-refractivity contribution in [3.05, 3.63) is 34.6 Å². The molecular formula is C15H21ClFNO. The summed E-state index contributed by atoms with van der Waals surface area (Å²) in [4.78, 5) is 0. The molecule has 2 rings (SSSR count). The topological polar surface area (TPSA) is 35.2 Å². The van der Waals surface area contributed by atoms with Gasteiger partial charge in [0.1, 0.15) is 5.82 Å². The second-order valence-electron chi connectivity index (χ2n) is 5.20. The van der Waals surface area contributed by atoms with Crippen molar-refractivity contribution >= 4 is 11.6 Å². The normalized spacial score (nSPS) is 20.2. The van der Waals surface area contributed by atoms with Crippen molar-refractivity contribution in [1.29, 1.82) is 0 Å². The van der Waals surface area contributed by atoms with E-state index in [1.54, 1.807) is 6.07 Å². The Balaban J connectivity index is 2.32. The zero-order chi connectivity index (χ0) is 13.9. The summed E-state index contributed by atoms with van der Waals surface area (Å²) in [5.74, 6) is -0.308. The Bertz CT molecular complexity index is 427. The van der Waals surface area contributed by atoms with E-state index in [2.05, 4.69) is 0 Å². The monoisotopic (exact) mass is 285 g/mol. The van der Waals surface area contributed by atoms with Crippen molar-refractivity contribution in [2.75, 3.05) is 6.61 Å². The third-order valence-electron chi connectivity index (χ3n) is 3.99. The Hall–Kier alpha value is -0.640. The fourth-order valence-electron chi connectivity index (χ4n) is 3.02. The van der Waals surface area contributed by atoms with Gasteiger partial charge in [-0.1, -0.05) is 30.9 Å². The van der Waals surface area contributed by atoms with Gasteiger partial charge in [-0.3, -0.25) is 0 Å². The summed E-state index contributed by atoms with van der Waals surface area (Å²) < 4.78 is 19.4. The van der Waals surface area contributed by atoms with Gasteiger partial charge in [0.05, 0.1) is 11.6 Å². The van der Waals surface area contributed by atoms with Crippen LogP contribution in [0.3, 0.4) is 0 Å². The molecule has 1 saturated carbocycles. The molecule has 1 unspecified atom stereocenters. The molecular weight excluding hydrogens is 265 g/mol. The summed E-state index contributed by atoms with van der Waals surface area (Å²) in [6.45, 7) is 2.58. The first-order valence-corrected chi connectivity index (χ1v) is 7.31. The van der Waals surface area contributed by atoms with Gasteiger partial charge in [0.25, 0.3) is 0 Å². The molecule has 0 radical (unpaired) electrons. The number of nitrogens with two attached hydrogens (primary N) is 1. The van der Waals surface area contributed by atoms with Crippen LogP contribution in [-0.4, -0.2) is 12.2 Å². The molecule has 1 aromatic rings. The molecule has 1 atom stereocenters. The van der Waals surface area contributed by atoms with E-state index in [9.17, 15) is 4.39 Å². The first-order valence-electron chi connectivity index (χ1n) is 6.93. The molecule has 1 aliphatic carbocycles. The predicted octanol–water partition coefficient (Wildman–Crippen LogP) is 4.22. The summed E-state index contributed by atoms with van der Waals surface area (Å²) in [5.41, 5.74) is 6.64. The maximum absolute atomic E-state index is 13.4. The molecule has 1 fully saturated rings. The Kier molecular flexibility index (Phi) is 4.82. The van der Waals surface area contributed by atoms with Crippen LogP contribution in [0.4, 0.5) is 4.39 Å². The van der Waals surface area contributed by atoms with Gasteiger partial charge < -0.3 is 10.5 Å². The van der Waals surface area contributed by atoms with E-state index in [1.807, 2.05) is 6.92 Å². The second kappa shape index (κ2) is 6.21. The van der Waals surface area contributed by atoms with Gasteiger partial charge in [-0.2, -0.15) is 0 Å². The molecule has 1 aromatic carbocycles. The van der Waals surface area contributed by atoms with Crippen molar-refractivity contribution in [2.24, 2.45) is 5.73 Å². The van der Waals surface area contributed by atoms with Gasteiger partial charge in [0.15, 0.2) is 0 Å². The molecule has 0 aliphatic heterocycles. The van der Waals surface area contributed by atoms with E-state index >= 15 is 0 Å². The van der Waals surface area contributed by atoms with Gasteiger partial charge in [0, 0.05) is 11.6 Å². The summed E-state index contributed by atoms with van der Waals surface area (Å²) in [7, 11) is 0. The lowest BCUT2D eigenvalue weighted by Crippen LogP contribution is -2.45. The molecule has 1 aliphatic rings. The highest BCUT2D eigenvalue weighted by Crippen LogP contribution is 2.42. The SMILES string of the molecule is CCOC1(C(N)c2cc(F)ccc2Cl)CCCCC1. The largest absolute Gasteiger partial charge is 0.373 e. The minimum absolute atomic E-state index is 0.308. The zero-order valence-electron chi connectivity index (χ0n) is 11.3. The molecule has 0 bridgehead atoms. The summed E-state index contributed by atoms with van der Waals surface area (Å²) in [6.07, 6.45) is 5.23. The van der Waals surface area contributed by atoms with E-state index in [0.29, 0.717) is 17.2 Å². The average Bonchev–Trinajstić information content (AvgIpc) is 2.42. The molecule has 2 N–H and O–H groups in total. The third kappa shape index (κ3) is 3.10. The number of ether oxygens (including phenoxy) is 1. The van der Waals surface area contributed by atoms with E-state index in [-0.39, 0.29) is 11.9 Å². The van der Waals surface area contributed by atoms with Crippen LogP contribution in [0, 0.1) is 5.82 Å². The molecule has 2 nitrogen and oxygen atoms in total. The van der Waals surface area contributed by atoms with E-state index in [4.69, 9.17) is 22.1 Å². The highest BCUT2D eigenvalue weighted by atomic mass is 35.5. The number of benzene rings is 1. The van der Waals surface area contributed by atoms with Crippen molar-refractivity contribution in [3.8, 4) is 0 Å². The van der Waals surface area contributed by atoms with Crippen LogP contribution < -0.4 is 5.73 Å². The maximum Gasteiger partial charge on any atom is 0.123 e. The van der Waals surface area contributed by atoms with E-state index < -0.39 is 5.60 Å². The van der Waals surface area contributed by atoms with Gasteiger partial charge in [-0.15, -0.1) is 0 Å². The number of rotatable bonds is 4. The summed E-state index contributed by atoms with van der Waals surface area (Å²) in [6, 6.07) is 3.97. The maximum atomic E-state index is 13.4. The quantitative estimate of drug-likeness (QED) is 0.899. The standard InChI is InChI=1S/C15H21ClFNO/c1-2-19-15(8-4-3-5-9-15)14(18)12-10-11(17)6-7-13(12)16/h6-7,10,14H,2-5,8-9,18H2,1H3. The van der Waals surface area contributed by atoms with Gasteiger partial charge in [0.2, 0.25) is 0 Å². The molecule has 4 heteroatoms. The number of hydrogen-bond donors (Lipinski definition) is 1. The zero-order valence-corrected chi connectivity index (χ0v) is 12.0. The van der Waals surface area contributed by atoms with Gasteiger partial charge in [-0.25, -0.2) is 4.39 Å². The van der Waals surface area contributed by atoms with E-state index in [0.717, 1.165) is 25.7 Å². The van der Waals surface area contributed by atoms with Crippen LogP contribution in [0.25, 0.3) is 0 Å². The minimum atomic E-state index is -0.398. The molecule has 19 heavy (non-hydrogen) atoms. The second-order valence-corrected chi connectivity index (χ2v) is 5.61. The Morgan fingerprint density at radius 2 is 2.05 bits per heavy atom. The van der Waals surface area contributed by atoms with Crippen molar-refractivity contribution in [2.45, 2.75) is 50.7 Å². The van der Waals surface area contributed by atoms with Crippen molar-refractivity contribution in [3.63, 3.8) is 0 Å². The molecule has 0 aromatic heterocycles. The number of halogens is 2. The van der Waals surface area contributed by atoms with Crippen LogP contribution in [-0.2, 0) is 4.74 Å². The van der Waals surface area contributed by atoms with Crippen LogP contribution in [0.15, 0.2) is 18.2 Å². The van der Waals surface area contributed by atoms with Gasteiger partial charge >= 0.3 is 0 Å². The first kappa shape index (κ1) is 14.8. The molecule has 106 valence electrons. The van der Waals surface area contributed by atoms with Crippen LogP contribution in [0.1, 0.15) is 50.6 Å². The minimum Gasteiger partial charge on any atom is -0.373 e. The van der Waals surface area contributed by atoms with Crippen LogP contribution >= 0.6 is 11.6 Å². The summed E-state index contributed by atoms with van der Waals surface area (Å²) >= 11 is 6.17. The molecule has 0 heterocycles. The average molecular weight is 286 g/mol. The highest BCUT2D eigenvalue weighted by Gasteiger charge is 2.40. The first-order chi connectivity index (χ1) is 9.09. The number of hydrogen-bond acceptors (Lipinski definition) is 2. The molecule has 0 saturated heterocycles.